The van der Waals surface area contributed by atoms with Crippen molar-refractivity contribution < 1.29 is 17.9 Å². The smallest absolute Gasteiger partial charge is 0.264 e. The van der Waals surface area contributed by atoms with E-state index in [1.165, 1.54) is 4.31 Å². The number of rotatable bonds is 6. The van der Waals surface area contributed by atoms with Gasteiger partial charge in [0, 0.05) is 18.2 Å². The first kappa shape index (κ1) is 20.9. The first-order valence-corrected chi connectivity index (χ1v) is 11.5. The van der Waals surface area contributed by atoms with Crippen LogP contribution < -0.4 is 14.4 Å². The summed E-state index contributed by atoms with van der Waals surface area (Å²) in [5.41, 5.74) is 2.95. The van der Waals surface area contributed by atoms with Crippen molar-refractivity contribution >= 4 is 21.6 Å². The van der Waals surface area contributed by atoms with Crippen LogP contribution in [0.25, 0.3) is 0 Å². The van der Waals surface area contributed by atoms with Crippen LogP contribution in [0.2, 0.25) is 0 Å². The molecule has 1 amide bonds. The summed E-state index contributed by atoms with van der Waals surface area (Å²) in [4.78, 5) is 12.9. The first-order valence-electron chi connectivity index (χ1n) is 10.0. The van der Waals surface area contributed by atoms with E-state index in [1.807, 2.05) is 31.2 Å². The Labute approximate surface area is 182 Å². The number of anilines is 1. The summed E-state index contributed by atoms with van der Waals surface area (Å²) in [6.45, 7) is 2.27. The zero-order valence-electron chi connectivity index (χ0n) is 17.4. The molecule has 0 saturated heterocycles. The van der Waals surface area contributed by atoms with Crippen LogP contribution in [0.15, 0.2) is 77.7 Å². The summed E-state index contributed by atoms with van der Waals surface area (Å²) < 4.78 is 32.9. The second-order valence-corrected chi connectivity index (χ2v) is 9.36. The van der Waals surface area contributed by atoms with Crippen molar-refractivity contribution in [3.8, 4) is 5.75 Å². The monoisotopic (exact) mass is 436 g/mol. The molecule has 0 aliphatic carbocycles. The fraction of sp³-hybridized carbons (Fsp3) is 0.208. The highest BCUT2D eigenvalue weighted by Crippen LogP contribution is 2.37. The molecule has 0 unspecified atom stereocenters. The number of amides is 1. The number of ether oxygens (including phenoxy) is 1. The Morgan fingerprint density at radius 3 is 2.45 bits per heavy atom. The Morgan fingerprint density at radius 2 is 1.77 bits per heavy atom. The molecular weight excluding hydrogens is 412 g/mol. The quantitative estimate of drug-likeness (QED) is 0.638. The van der Waals surface area contributed by atoms with Crippen LogP contribution in [-0.2, 0) is 23.0 Å². The second kappa shape index (κ2) is 8.43. The van der Waals surface area contributed by atoms with Crippen LogP contribution in [-0.4, -0.2) is 27.5 Å². The summed E-state index contributed by atoms with van der Waals surface area (Å²) in [6.07, 6.45) is 0.557. The molecule has 1 aliphatic rings. The summed E-state index contributed by atoms with van der Waals surface area (Å²) in [5, 5.41) is 2.91. The van der Waals surface area contributed by atoms with Gasteiger partial charge in [0.25, 0.3) is 15.9 Å². The van der Waals surface area contributed by atoms with E-state index in [9.17, 15) is 13.2 Å². The second-order valence-electron chi connectivity index (χ2n) is 7.54. The molecule has 0 radical (unpaired) electrons. The Bertz CT molecular complexity index is 1190. The fourth-order valence-corrected chi connectivity index (χ4v) is 5.56. The lowest BCUT2D eigenvalue weighted by Crippen LogP contribution is -2.35. The van der Waals surface area contributed by atoms with Crippen molar-refractivity contribution in [1.82, 2.24) is 5.32 Å². The lowest BCUT2D eigenvalue weighted by molar-refractivity contribution is 0.0951. The van der Waals surface area contributed by atoms with Gasteiger partial charge in [0.15, 0.2) is 0 Å². The molecule has 1 N–H and O–H groups in total. The number of hydrogen-bond donors (Lipinski definition) is 1. The topological polar surface area (TPSA) is 75.7 Å². The maximum absolute atomic E-state index is 13.2. The van der Waals surface area contributed by atoms with Crippen LogP contribution >= 0.6 is 0 Å². The Hall–Kier alpha value is -3.32. The van der Waals surface area contributed by atoms with Crippen molar-refractivity contribution in [1.29, 1.82) is 0 Å². The minimum atomic E-state index is -3.66. The number of carbonyl (C=O) groups is 1. The lowest BCUT2D eigenvalue weighted by Gasteiger charge is -2.24. The van der Waals surface area contributed by atoms with E-state index >= 15 is 0 Å². The molecule has 1 atom stereocenters. The molecular formula is C24H24N2O4S. The predicted octanol–water partition coefficient (Wildman–Crippen LogP) is 3.77. The highest BCUT2D eigenvalue weighted by atomic mass is 32.2. The third-order valence-corrected chi connectivity index (χ3v) is 7.35. The summed E-state index contributed by atoms with van der Waals surface area (Å²) in [5.74, 6) is 0.563. The van der Waals surface area contributed by atoms with Crippen molar-refractivity contribution in [2.75, 3.05) is 11.4 Å². The van der Waals surface area contributed by atoms with Crippen molar-refractivity contribution in [3.05, 3.63) is 89.5 Å². The van der Waals surface area contributed by atoms with Gasteiger partial charge in [-0.05, 0) is 66.9 Å². The van der Waals surface area contributed by atoms with E-state index in [0.29, 0.717) is 24.2 Å². The molecule has 1 heterocycles. The Balaban J connectivity index is 1.52. The van der Waals surface area contributed by atoms with E-state index in [0.717, 1.165) is 16.9 Å². The fourth-order valence-electron chi connectivity index (χ4n) is 3.84. The summed E-state index contributed by atoms with van der Waals surface area (Å²) in [6, 6.07) is 20.9. The number of fused-ring (bicyclic) bond motifs is 1. The largest absolute Gasteiger partial charge is 0.497 e. The van der Waals surface area contributed by atoms with Gasteiger partial charge >= 0.3 is 0 Å². The molecule has 0 aromatic heterocycles. The van der Waals surface area contributed by atoms with Crippen LogP contribution in [0.1, 0.15) is 28.4 Å². The minimum absolute atomic E-state index is 0.198. The molecule has 0 bridgehead atoms. The number of hydrogen-bond acceptors (Lipinski definition) is 4. The number of sulfonamides is 1. The van der Waals surface area contributed by atoms with Gasteiger partial charge in [-0.2, -0.15) is 0 Å². The van der Waals surface area contributed by atoms with Gasteiger partial charge in [-0.1, -0.05) is 30.3 Å². The number of methoxy groups -OCH3 is 1. The highest BCUT2D eigenvalue weighted by molar-refractivity contribution is 7.92. The third-order valence-electron chi connectivity index (χ3n) is 5.41. The Morgan fingerprint density at radius 1 is 1.06 bits per heavy atom. The van der Waals surface area contributed by atoms with Crippen LogP contribution in [0, 0.1) is 0 Å². The average molecular weight is 437 g/mol. The lowest BCUT2D eigenvalue weighted by atomic mass is 10.1. The number of carbonyl (C=O) groups excluding carboxylic acids is 1. The molecule has 3 aromatic carbocycles. The van der Waals surface area contributed by atoms with E-state index in [4.69, 9.17) is 4.74 Å². The van der Waals surface area contributed by atoms with Gasteiger partial charge in [0.2, 0.25) is 0 Å². The van der Waals surface area contributed by atoms with Gasteiger partial charge in [-0.15, -0.1) is 0 Å². The average Bonchev–Trinajstić information content (AvgIpc) is 3.14. The van der Waals surface area contributed by atoms with Crippen molar-refractivity contribution in [2.24, 2.45) is 0 Å². The minimum Gasteiger partial charge on any atom is -0.497 e. The molecule has 3 aromatic rings. The molecule has 7 heteroatoms. The van der Waals surface area contributed by atoms with Gasteiger partial charge < -0.3 is 10.1 Å². The van der Waals surface area contributed by atoms with E-state index in [1.54, 1.807) is 55.6 Å². The molecule has 31 heavy (non-hydrogen) atoms. The van der Waals surface area contributed by atoms with Gasteiger partial charge in [-0.25, -0.2) is 8.42 Å². The van der Waals surface area contributed by atoms with Gasteiger partial charge in [0.05, 0.1) is 17.7 Å². The van der Waals surface area contributed by atoms with Gasteiger partial charge in [0.1, 0.15) is 5.75 Å². The SMILES string of the molecule is COc1ccc(CNC(=O)c2ccc3c(c2)C[C@H](C)N3S(=O)(=O)c2ccccc2)cc1. The standard InChI is InChI=1S/C24H24N2O4S/c1-17-14-20-15-19(24(27)25-16-18-8-11-21(30-2)12-9-18)10-13-23(20)26(17)31(28,29)22-6-4-3-5-7-22/h3-13,15,17H,14,16H2,1-2H3,(H,25,27)/t17-/m0/s1. The normalized spacial score (nSPS) is 15.4. The molecule has 6 nitrogen and oxygen atoms in total. The molecule has 0 saturated carbocycles. The van der Waals surface area contributed by atoms with Crippen molar-refractivity contribution in [3.63, 3.8) is 0 Å². The molecule has 4 rings (SSSR count). The van der Waals surface area contributed by atoms with Gasteiger partial charge in [-0.3, -0.25) is 9.10 Å². The number of benzene rings is 3. The number of nitrogens with one attached hydrogen (secondary N) is 1. The molecule has 160 valence electrons. The molecule has 0 spiro atoms. The van der Waals surface area contributed by atoms with Crippen LogP contribution in [0.4, 0.5) is 5.69 Å². The maximum Gasteiger partial charge on any atom is 0.264 e. The zero-order valence-corrected chi connectivity index (χ0v) is 18.2. The molecule has 1 aliphatic heterocycles. The van der Waals surface area contributed by atoms with Crippen LogP contribution in [0.5, 0.6) is 5.75 Å². The predicted molar refractivity (Wildman–Crippen MR) is 120 cm³/mol. The van der Waals surface area contributed by atoms with E-state index in [-0.39, 0.29) is 16.8 Å². The van der Waals surface area contributed by atoms with Crippen molar-refractivity contribution in [2.45, 2.75) is 30.8 Å². The summed E-state index contributed by atoms with van der Waals surface area (Å²) in [7, 11) is -2.06. The first-order chi connectivity index (χ1) is 14.9. The van der Waals surface area contributed by atoms with Crippen LogP contribution in [0.3, 0.4) is 0 Å². The Kier molecular flexibility index (Phi) is 5.69. The van der Waals surface area contributed by atoms with E-state index in [2.05, 4.69) is 5.32 Å². The molecule has 0 fully saturated rings. The third kappa shape index (κ3) is 4.14. The summed E-state index contributed by atoms with van der Waals surface area (Å²) >= 11 is 0. The highest BCUT2D eigenvalue weighted by Gasteiger charge is 2.36. The van der Waals surface area contributed by atoms with E-state index < -0.39 is 10.0 Å². The number of nitrogens with zero attached hydrogens (tertiary/aromatic N) is 1. The zero-order chi connectivity index (χ0) is 22.0. The maximum atomic E-state index is 13.2.